The van der Waals surface area contributed by atoms with Crippen molar-refractivity contribution in [2.45, 2.75) is 32.6 Å². The summed E-state index contributed by atoms with van der Waals surface area (Å²) in [5, 5.41) is 4.61. The van der Waals surface area contributed by atoms with Gasteiger partial charge < -0.3 is 5.73 Å². The number of rotatable bonds is 3. The number of nitrogens with two attached hydrogens (primary N) is 1. The summed E-state index contributed by atoms with van der Waals surface area (Å²) in [7, 11) is 0. The molecule has 1 aliphatic rings. The van der Waals surface area contributed by atoms with E-state index in [0.717, 1.165) is 28.3 Å². The molecule has 19 heavy (non-hydrogen) atoms. The summed E-state index contributed by atoms with van der Waals surface area (Å²) < 4.78 is 1.79. The summed E-state index contributed by atoms with van der Waals surface area (Å²) in [4.78, 5) is 4.92. The molecule has 2 aromatic rings. The molecule has 0 radical (unpaired) electrons. The van der Waals surface area contributed by atoms with Crippen LogP contribution in [0.4, 0.5) is 0 Å². The lowest BCUT2D eigenvalue weighted by Crippen LogP contribution is -2.17. The summed E-state index contributed by atoms with van der Waals surface area (Å²) >= 11 is 5.15. The first kappa shape index (κ1) is 12.3. The average Bonchev–Trinajstić information content (AvgIpc) is 3.05. The van der Waals surface area contributed by atoms with Crippen LogP contribution in [0.15, 0.2) is 18.3 Å². The fraction of sp³-hybridized carbons (Fsp3) is 0.357. The second kappa shape index (κ2) is 4.42. The number of nitrogens with zero attached hydrogens (tertiary/aromatic N) is 3. The highest BCUT2D eigenvalue weighted by molar-refractivity contribution is 7.80. The van der Waals surface area contributed by atoms with Crippen LogP contribution < -0.4 is 5.73 Å². The Morgan fingerprint density at radius 2 is 2.16 bits per heavy atom. The molecule has 98 valence electrons. The highest BCUT2D eigenvalue weighted by Gasteiger charge is 2.26. The summed E-state index contributed by atoms with van der Waals surface area (Å²) in [6, 6.07) is 4.05. The molecule has 2 aromatic heterocycles. The van der Waals surface area contributed by atoms with Gasteiger partial charge in [-0.2, -0.15) is 5.10 Å². The van der Waals surface area contributed by atoms with Crippen molar-refractivity contribution in [3.8, 4) is 5.82 Å². The maximum Gasteiger partial charge on any atom is 0.164 e. The van der Waals surface area contributed by atoms with Crippen molar-refractivity contribution in [1.29, 1.82) is 0 Å². The molecule has 4 nitrogen and oxygen atoms in total. The second-order valence-electron chi connectivity index (χ2n) is 5.10. The Morgan fingerprint density at radius 3 is 2.79 bits per heavy atom. The van der Waals surface area contributed by atoms with E-state index in [1.165, 1.54) is 12.8 Å². The predicted molar refractivity (Wildman–Crippen MR) is 78.7 cm³/mol. The van der Waals surface area contributed by atoms with E-state index in [4.69, 9.17) is 18.0 Å². The molecule has 0 amide bonds. The molecule has 0 aromatic carbocycles. The Kier molecular flexibility index (Phi) is 2.86. The highest BCUT2D eigenvalue weighted by Crippen LogP contribution is 2.39. The van der Waals surface area contributed by atoms with Crippen LogP contribution in [0.5, 0.6) is 0 Å². The Balaban J connectivity index is 2.13. The van der Waals surface area contributed by atoms with E-state index in [0.29, 0.717) is 10.9 Å². The predicted octanol–water partition coefficient (Wildman–Crippen LogP) is 2.40. The first-order chi connectivity index (χ1) is 9.06. The maximum absolute atomic E-state index is 5.83. The van der Waals surface area contributed by atoms with Crippen LogP contribution in [-0.4, -0.2) is 19.8 Å². The Labute approximate surface area is 117 Å². The lowest BCUT2D eigenvalue weighted by molar-refractivity contribution is 0.805. The van der Waals surface area contributed by atoms with Crippen molar-refractivity contribution >= 4 is 17.2 Å². The van der Waals surface area contributed by atoms with Gasteiger partial charge >= 0.3 is 0 Å². The molecule has 0 saturated heterocycles. The molecule has 3 rings (SSSR count). The van der Waals surface area contributed by atoms with E-state index in [1.807, 2.05) is 26.1 Å². The third kappa shape index (κ3) is 2.26. The summed E-state index contributed by atoms with van der Waals surface area (Å²) in [5.41, 5.74) is 9.76. The molecule has 0 unspecified atom stereocenters. The van der Waals surface area contributed by atoms with Gasteiger partial charge in [0.25, 0.3) is 0 Å². The zero-order valence-corrected chi connectivity index (χ0v) is 11.9. The first-order valence-electron chi connectivity index (χ1n) is 6.40. The van der Waals surface area contributed by atoms with Gasteiger partial charge in [-0.3, -0.25) is 0 Å². The van der Waals surface area contributed by atoms with E-state index in [9.17, 15) is 0 Å². The molecule has 5 heteroatoms. The van der Waals surface area contributed by atoms with Crippen molar-refractivity contribution in [2.75, 3.05) is 0 Å². The molecular weight excluding hydrogens is 256 g/mol. The zero-order valence-electron chi connectivity index (χ0n) is 11.1. The van der Waals surface area contributed by atoms with Crippen LogP contribution in [0, 0.1) is 13.8 Å². The summed E-state index contributed by atoms with van der Waals surface area (Å²) in [6.07, 6.45) is 4.41. The SMILES string of the molecule is Cc1cc(C)c(C(N)=S)c(-n2ccc(C3CC3)n2)n1. The van der Waals surface area contributed by atoms with Gasteiger partial charge in [0.1, 0.15) is 4.99 Å². The average molecular weight is 272 g/mol. The third-order valence-corrected chi connectivity index (χ3v) is 3.60. The topological polar surface area (TPSA) is 56.7 Å². The van der Waals surface area contributed by atoms with Crippen molar-refractivity contribution < 1.29 is 0 Å². The number of aryl methyl sites for hydroxylation is 2. The molecule has 0 aliphatic heterocycles. The Morgan fingerprint density at radius 1 is 1.42 bits per heavy atom. The standard InChI is InChI=1S/C14H16N4S/c1-8-7-9(2)16-14(12(8)13(15)19)18-6-5-11(17-18)10-3-4-10/h5-7,10H,3-4H2,1-2H3,(H2,15,19). The summed E-state index contributed by atoms with van der Waals surface area (Å²) in [6.45, 7) is 3.96. The van der Waals surface area contributed by atoms with Crippen LogP contribution in [0.2, 0.25) is 0 Å². The van der Waals surface area contributed by atoms with Crippen molar-refractivity contribution in [3.63, 3.8) is 0 Å². The smallest absolute Gasteiger partial charge is 0.164 e. The van der Waals surface area contributed by atoms with E-state index in [-0.39, 0.29) is 0 Å². The fourth-order valence-corrected chi connectivity index (χ4v) is 2.59. The van der Waals surface area contributed by atoms with Gasteiger partial charge in [0.15, 0.2) is 5.82 Å². The van der Waals surface area contributed by atoms with E-state index < -0.39 is 0 Å². The maximum atomic E-state index is 5.83. The number of hydrogen-bond donors (Lipinski definition) is 1. The molecule has 0 bridgehead atoms. The Bertz CT molecular complexity index is 655. The van der Waals surface area contributed by atoms with Crippen LogP contribution in [0.3, 0.4) is 0 Å². The van der Waals surface area contributed by atoms with Gasteiger partial charge in [-0.25, -0.2) is 9.67 Å². The number of pyridine rings is 1. The molecule has 2 heterocycles. The molecule has 0 atom stereocenters. The van der Waals surface area contributed by atoms with E-state index in [2.05, 4.69) is 16.1 Å². The van der Waals surface area contributed by atoms with Crippen LogP contribution in [0.1, 0.15) is 41.3 Å². The number of aromatic nitrogens is 3. The molecular formula is C14H16N4S. The second-order valence-corrected chi connectivity index (χ2v) is 5.54. The monoisotopic (exact) mass is 272 g/mol. The fourth-order valence-electron chi connectivity index (χ4n) is 2.34. The quantitative estimate of drug-likeness (QED) is 0.872. The normalized spacial score (nSPS) is 14.6. The Hall–Kier alpha value is -1.75. The summed E-state index contributed by atoms with van der Waals surface area (Å²) in [5.74, 6) is 1.36. The van der Waals surface area contributed by atoms with E-state index in [1.54, 1.807) is 4.68 Å². The van der Waals surface area contributed by atoms with Gasteiger partial charge in [-0.05, 0) is 44.4 Å². The van der Waals surface area contributed by atoms with Gasteiger partial charge in [0, 0.05) is 17.8 Å². The van der Waals surface area contributed by atoms with Crippen molar-refractivity contribution in [3.05, 3.63) is 40.8 Å². The molecule has 2 N–H and O–H groups in total. The van der Waals surface area contributed by atoms with Gasteiger partial charge in [0.05, 0.1) is 11.3 Å². The lowest BCUT2D eigenvalue weighted by atomic mass is 10.1. The minimum atomic E-state index is 0.364. The van der Waals surface area contributed by atoms with E-state index >= 15 is 0 Å². The molecule has 1 saturated carbocycles. The van der Waals surface area contributed by atoms with Crippen LogP contribution >= 0.6 is 12.2 Å². The highest BCUT2D eigenvalue weighted by atomic mass is 32.1. The van der Waals surface area contributed by atoms with Gasteiger partial charge in [-0.1, -0.05) is 12.2 Å². The number of thiocarbonyl (C=S) groups is 1. The lowest BCUT2D eigenvalue weighted by Gasteiger charge is -2.11. The molecule has 1 fully saturated rings. The van der Waals surface area contributed by atoms with Crippen LogP contribution in [0.25, 0.3) is 5.82 Å². The first-order valence-corrected chi connectivity index (χ1v) is 6.81. The zero-order chi connectivity index (χ0) is 13.6. The number of hydrogen-bond acceptors (Lipinski definition) is 3. The largest absolute Gasteiger partial charge is 0.389 e. The third-order valence-electron chi connectivity index (χ3n) is 3.39. The van der Waals surface area contributed by atoms with Crippen molar-refractivity contribution in [1.82, 2.24) is 14.8 Å². The van der Waals surface area contributed by atoms with Crippen LogP contribution in [-0.2, 0) is 0 Å². The molecule has 1 aliphatic carbocycles. The minimum absolute atomic E-state index is 0.364. The minimum Gasteiger partial charge on any atom is -0.389 e. The van der Waals surface area contributed by atoms with Gasteiger partial charge in [-0.15, -0.1) is 0 Å². The molecule has 0 spiro atoms. The van der Waals surface area contributed by atoms with Gasteiger partial charge in [0.2, 0.25) is 0 Å². The van der Waals surface area contributed by atoms with Crippen molar-refractivity contribution in [2.24, 2.45) is 5.73 Å².